The molecular formula is C19H21NO3S. The summed E-state index contributed by atoms with van der Waals surface area (Å²) in [5.41, 5.74) is 3.09. The number of rotatable bonds is 6. The average Bonchev–Trinajstić information content (AvgIpc) is 3.12. The Hall–Kier alpha value is -2.14. The summed E-state index contributed by atoms with van der Waals surface area (Å²) in [6.45, 7) is 0.316. The van der Waals surface area contributed by atoms with Gasteiger partial charge in [0.2, 0.25) is 0 Å². The van der Waals surface area contributed by atoms with E-state index < -0.39 is 5.97 Å². The van der Waals surface area contributed by atoms with Crippen molar-refractivity contribution in [2.24, 2.45) is 0 Å². The third kappa shape index (κ3) is 4.45. The fourth-order valence-corrected chi connectivity index (χ4v) is 3.61. The highest BCUT2D eigenvalue weighted by molar-refractivity contribution is 7.09. The molecule has 126 valence electrons. The van der Waals surface area contributed by atoms with Crippen LogP contribution in [-0.2, 0) is 28.8 Å². The first-order chi connectivity index (χ1) is 11.7. The van der Waals surface area contributed by atoms with Crippen molar-refractivity contribution < 1.29 is 14.3 Å². The number of amides is 1. The number of aryl methyl sites for hydroxylation is 2. The molecule has 5 heteroatoms. The van der Waals surface area contributed by atoms with Gasteiger partial charge in [0.25, 0.3) is 5.91 Å². The molecule has 0 atom stereocenters. The quantitative estimate of drug-likeness (QED) is 0.820. The largest absolute Gasteiger partial charge is 0.452 e. The highest BCUT2D eigenvalue weighted by atomic mass is 32.1. The van der Waals surface area contributed by atoms with E-state index in [1.807, 2.05) is 29.6 Å². The van der Waals surface area contributed by atoms with Crippen LogP contribution in [0.1, 0.15) is 39.2 Å². The van der Waals surface area contributed by atoms with E-state index in [-0.39, 0.29) is 12.5 Å². The molecule has 1 amide bonds. The summed E-state index contributed by atoms with van der Waals surface area (Å²) in [5, 5.41) is 4.78. The van der Waals surface area contributed by atoms with Crippen molar-refractivity contribution in [1.29, 1.82) is 0 Å². The molecule has 1 aromatic heterocycles. The molecule has 0 saturated carbocycles. The number of thiophene rings is 1. The minimum absolute atomic E-state index is 0.236. The number of hydrogen-bond donors (Lipinski definition) is 1. The molecule has 0 saturated heterocycles. The molecule has 1 aliphatic rings. The van der Waals surface area contributed by atoms with Crippen molar-refractivity contribution in [2.45, 2.75) is 32.1 Å². The SMILES string of the molecule is O=C(COC(=O)c1ccc2c(c1)CCCC2)NCCc1cccs1. The molecule has 0 spiro atoms. The predicted octanol–water partition coefficient (Wildman–Crippen LogP) is 3.14. The van der Waals surface area contributed by atoms with Gasteiger partial charge in [-0.3, -0.25) is 4.79 Å². The molecule has 1 N–H and O–H groups in total. The van der Waals surface area contributed by atoms with E-state index in [1.165, 1.54) is 22.4 Å². The van der Waals surface area contributed by atoms with Crippen LogP contribution < -0.4 is 5.32 Å². The zero-order valence-electron chi connectivity index (χ0n) is 13.5. The first-order valence-corrected chi connectivity index (χ1v) is 9.18. The van der Waals surface area contributed by atoms with Crippen molar-refractivity contribution in [3.63, 3.8) is 0 Å². The Kier molecular flexibility index (Phi) is 5.64. The maximum Gasteiger partial charge on any atom is 0.338 e. The number of fused-ring (bicyclic) bond motifs is 1. The molecular weight excluding hydrogens is 322 g/mol. The predicted molar refractivity (Wildman–Crippen MR) is 94.4 cm³/mol. The van der Waals surface area contributed by atoms with Crippen LogP contribution in [0.15, 0.2) is 35.7 Å². The van der Waals surface area contributed by atoms with Crippen LogP contribution >= 0.6 is 11.3 Å². The van der Waals surface area contributed by atoms with Crippen molar-refractivity contribution >= 4 is 23.2 Å². The number of ether oxygens (including phenoxy) is 1. The standard InChI is InChI=1S/C19H21NO3S/c21-18(20-10-9-17-6-3-11-24-17)13-23-19(22)16-8-7-14-4-1-2-5-15(14)12-16/h3,6-8,11-12H,1-2,4-5,9-10,13H2,(H,20,21). The van der Waals surface area contributed by atoms with E-state index in [1.54, 1.807) is 17.4 Å². The lowest BCUT2D eigenvalue weighted by atomic mass is 9.90. The van der Waals surface area contributed by atoms with Gasteiger partial charge in [-0.1, -0.05) is 12.1 Å². The lowest BCUT2D eigenvalue weighted by molar-refractivity contribution is -0.124. The van der Waals surface area contributed by atoms with E-state index >= 15 is 0 Å². The van der Waals surface area contributed by atoms with Crippen LogP contribution in [0.4, 0.5) is 0 Å². The summed E-state index contributed by atoms with van der Waals surface area (Å²) < 4.78 is 5.12. The summed E-state index contributed by atoms with van der Waals surface area (Å²) in [7, 11) is 0. The highest BCUT2D eigenvalue weighted by Gasteiger charge is 2.14. The monoisotopic (exact) mass is 343 g/mol. The highest BCUT2D eigenvalue weighted by Crippen LogP contribution is 2.22. The van der Waals surface area contributed by atoms with Crippen LogP contribution in [0.5, 0.6) is 0 Å². The molecule has 0 aliphatic heterocycles. The average molecular weight is 343 g/mol. The first kappa shape index (κ1) is 16.7. The van der Waals surface area contributed by atoms with Gasteiger partial charge in [-0.2, -0.15) is 0 Å². The fraction of sp³-hybridized carbons (Fsp3) is 0.368. The Morgan fingerprint density at radius 3 is 2.75 bits per heavy atom. The van der Waals surface area contributed by atoms with Gasteiger partial charge in [0, 0.05) is 11.4 Å². The molecule has 0 unspecified atom stereocenters. The summed E-state index contributed by atoms with van der Waals surface area (Å²) in [4.78, 5) is 25.1. The van der Waals surface area contributed by atoms with Gasteiger partial charge in [0.15, 0.2) is 6.61 Å². The van der Waals surface area contributed by atoms with Gasteiger partial charge in [-0.05, 0) is 66.8 Å². The Bertz CT molecular complexity index is 709. The van der Waals surface area contributed by atoms with Crippen molar-refractivity contribution in [1.82, 2.24) is 5.32 Å². The molecule has 2 aromatic rings. The normalized spacial score (nSPS) is 13.2. The lowest BCUT2D eigenvalue weighted by Gasteiger charge is -2.16. The zero-order chi connectivity index (χ0) is 16.8. The summed E-state index contributed by atoms with van der Waals surface area (Å²) in [6, 6.07) is 9.73. The van der Waals surface area contributed by atoms with E-state index in [4.69, 9.17) is 4.74 Å². The Morgan fingerprint density at radius 2 is 1.96 bits per heavy atom. The zero-order valence-corrected chi connectivity index (χ0v) is 14.4. The van der Waals surface area contributed by atoms with Crippen LogP contribution in [0, 0.1) is 0 Å². The molecule has 0 radical (unpaired) electrons. The summed E-state index contributed by atoms with van der Waals surface area (Å²) in [5.74, 6) is -0.699. The van der Waals surface area contributed by atoms with Gasteiger partial charge in [0.1, 0.15) is 0 Å². The Labute approximate surface area is 145 Å². The second kappa shape index (κ2) is 8.11. The van der Waals surface area contributed by atoms with Crippen LogP contribution in [0.25, 0.3) is 0 Å². The van der Waals surface area contributed by atoms with Gasteiger partial charge < -0.3 is 10.1 Å². The van der Waals surface area contributed by atoms with Gasteiger partial charge in [0.05, 0.1) is 5.56 Å². The third-order valence-corrected chi connectivity index (χ3v) is 5.13. The van der Waals surface area contributed by atoms with Gasteiger partial charge in [-0.15, -0.1) is 11.3 Å². The van der Waals surface area contributed by atoms with E-state index in [9.17, 15) is 9.59 Å². The van der Waals surface area contributed by atoms with Crippen molar-refractivity contribution in [3.05, 3.63) is 57.3 Å². The van der Waals surface area contributed by atoms with E-state index in [0.29, 0.717) is 12.1 Å². The maximum atomic E-state index is 12.1. The molecule has 4 nitrogen and oxygen atoms in total. The van der Waals surface area contributed by atoms with Crippen LogP contribution in [-0.4, -0.2) is 25.0 Å². The number of esters is 1. The molecule has 1 heterocycles. The van der Waals surface area contributed by atoms with Crippen LogP contribution in [0.2, 0.25) is 0 Å². The number of nitrogens with one attached hydrogen (secondary N) is 1. The Morgan fingerprint density at radius 1 is 1.12 bits per heavy atom. The maximum absolute atomic E-state index is 12.1. The second-order valence-electron chi connectivity index (χ2n) is 5.95. The van der Waals surface area contributed by atoms with Crippen LogP contribution in [0.3, 0.4) is 0 Å². The topological polar surface area (TPSA) is 55.4 Å². The lowest BCUT2D eigenvalue weighted by Crippen LogP contribution is -2.30. The minimum atomic E-state index is -0.434. The smallest absolute Gasteiger partial charge is 0.338 e. The number of hydrogen-bond acceptors (Lipinski definition) is 4. The van der Waals surface area contributed by atoms with Gasteiger partial charge in [-0.25, -0.2) is 4.79 Å². The second-order valence-corrected chi connectivity index (χ2v) is 6.98. The first-order valence-electron chi connectivity index (χ1n) is 8.30. The third-order valence-electron chi connectivity index (χ3n) is 4.19. The molecule has 0 bridgehead atoms. The number of benzene rings is 1. The van der Waals surface area contributed by atoms with Crippen molar-refractivity contribution in [2.75, 3.05) is 13.2 Å². The number of carbonyl (C=O) groups is 2. The van der Waals surface area contributed by atoms with E-state index in [0.717, 1.165) is 25.7 Å². The molecule has 24 heavy (non-hydrogen) atoms. The van der Waals surface area contributed by atoms with Crippen molar-refractivity contribution in [3.8, 4) is 0 Å². The fourth-order valence-electron chi connectivity index (χ4n) is 2.91. The molecule has 3 rings (SSSR count). The van der Waals surface area contributed by atoms with Gasteiger partial charge >= 0.3 is 5.97 Å². The summed E-state index contributed by atoms with van der Waals surface area (Å²) in [6.07, 6.45) is 5.26. The Balaban J connectivity index is 1.44. The molecule has 0 fully saturated rings. The molecule has 1 aromatic carbocycles. The molecule has 1 aliphatic carbocycles. The minimum Gasteiger partial charge on any atom is -0.452 e. The summed E-state index contributed by atoms with van der Waals surface area (Å²) >= 11 is 1.66. The number of carbonyl (C=O) groups excluding carboxylic acids is 2. The van der Waals surface area contributed by atoms with E-state index in [2.05, 4.69) is 5.32 Å².